The summed E-state index contributed by atoms with van der Waals surface area (Å²) in [4.78, 5) is 31.0. The number of hydrogen-bond donors (Lipinski definition) is 1. The van der Waals surface area contributed by atoms with E-state index in [0.717, 1.165) is 39.3 Å². The summed E-state index contributed by atoms with van der Waals surface area (Å²) in [7, 11) is 0. The Morgan fingerprint density at radius 2 is 1.73 bits per heavy atom. The first-order valence-electron chi connectivity index (χ1n) is 10.2. The highest BCUT2D eigenvalue weighted by molar-refractivity contribution is 5.78. The van der Waals surface area contributed by atoms with Gasteiger partial charge in [-0.3, -0.25) is 14.5 Å². The van der Waals surface area contributed by atoms with Crippen molar-refractivity contribution in [1.82, 2.24) is 20.0 Å². The molecule has 3 heterocycles. The first kappa shape index (κ1) is 19.6. The molecule has 3 saturated heterocycles. The van der Waals surface area contributed by atoms with E-state index < -0.39 is 0 Å². The Morgan fingerprint density at radius 3 is 2.38 bits per heavy atom. The van der Waals surface area contributed by atoms with Crippen molar-refractivity contribution in [3.8, 4) is 0 Å². The Kier molecular flexibility index (Phi) is 7.28. The summed E-state index contributed by atoms with van der Waals surface area (Å²) in [6.45, 7) is 10.6. The second-order valence-electron chi connectivity index (χ2n) is 7.94. The molecule has 0 spiro atoms. The van der Waals surface area contributed by atoms with E-state index in [4.69, 9.17) is 4.74 Å². The van der Waals surface area contributed by atoms with Crippen LogP contribution in [0.4, 0.5) is 0 Å². The number of hydrogen-bond acceptors (Lipinski definition) is 5. The monoisotopic (exact) mass is 366 g/mol. The van der Waals surface area contributed by atoms with Gasteiger partial charge in [0.15, 0.2) is 0 Å². The zero-order chi connectivity index (χ0) is 18.4. The molecular weight excluding hydrogens is 332 g/mol. The SMILES string of the molecule is CC(CC(=O)N1CCN(CC(=O)N2CCOCC2)CC1)C1CCCNC1. The molecule has 3 fully saturated rings. The summed E-state index contributed by atoms with van der Waals surface area (Å²) in [6.07, 6.45) is 3.11. The van der Waals surface area contributed by atoms with Crippen LogP contribution in [0.5, 0.6) is 0 Å². The van der Waals surface area contributed by atoms with Gasteiger partial charge in [0.1, 0.15) is 0 Å². The maximum atomic E-state index is 12.6. The smallest absolute Gasteiger partial charge is 0.236 e. The molecule has 0 aromatic carbocycles. The third kappa shape index (κ3) is 5.41. The number of carbonyl (C=O) groups excluding carboxylic acids is 2. The van der Waals surface area contributed by atoms with Gasteiger partial charge >= 0.3 is 0 Å². The van der Waals surface area contributed by atoms with Gasteiger partial charge < -0.3 is 19.9 Å². The maximum Gasteiger partial charge on any atom is 0.236 e. The predicted molar refractivity (Wildman–Crippen MR) is 99.8 cm³/mol. The van der Waals surface area contributed by atoms with Gasteiger partial charge in [-0.05, 0) is 37.8 Å². The lowest BCUT2D eigenvalue weighted by molar-refractivity contribution is -0.138. The van der Waals surface area contributed by atoms with Crippen LogP contribution in [0.15, 0.2) is 0 Å². The highest BCUT2D eigenvalue weighted by Gasteiger charge is 2.27. The first-order chi connectivity index (χ1) is 12.6. The van der Waals surface area contributed by atoms with Crippen molar-refractivity contribution >= 4 is 11.8 Å². The average molecular weight is 367 g/mol. The van der Waals surface area contributed by atoms with Crippen molar-refractivity contribution in [1.29, 1.82) is 0 Å². The minimum absolute atomic E-state index is 0.187. The molecule has 0 saturated carbocycles. The third-order valence-electron chi connectivity index (χ3n) is 6.08. The zero-order valence-electron chi connectivity index (χ0n) is 16.1. The molecule has 3 aliphatic rings. The number of piperazine rings is 1. The fourth-order valence-corrected chi connectivity index (χ4v) is 4.20. The first-order valence-corrected chi connectivity index (χ1v) is 10.2. The zero-order valence-corrected chi connectivity index (χ0v) is 16.1. The quantitative estimate of drug-likeness (QED) is 0.743. The van der Waals surface area contributed by atoms with Crippen LogP contribution < -0.4 is 5.32 Å². The van der Waals surface area contributed by atoms with Crippen LogP contribution in [0, 0.1) is 11.8 Å². The Morgan fingerprint density at radius 1 is 1.04 bits per heavy atom. The van der Waals surface area contributed by atoms with Gasteiger partial charge in [0.05, 0.1) is 19.8 Å². The van der Waals surface area contributed by atoms with Gasteiger partial charge in [-0.2, -0.15) is 0 Å². The van der Waals surface area contributed by atoms with Crippen LogP contribution in [0.1, 0.15) is 26.2 Å². The predicted octanol–water partition coefficient (Wildman–Crippen LogP) is 0.0152. The third-order valence-corrected chi connectivity index (χ3v) is 6.08. The highest BCUT2D eigenvalue weighted by atomic mass is 16.5. The molecule has 7 nitrogen and oxygen atoms in total. The molecule has 2 unspecified atom stereocenters. The van der Waals surface area contributed by atoms with E-state index in [1.165, 1.54) is 12.8 Å². The molecule has 1 N–H and O–H groups in total. The van der Waals surface area contributed by atoms with Gasteiger partial charge in [0.25, 0.3) is 0 Å². The summed E-state index contributed by atoms with van der Waals surface area (Å²) in [5.41, 5.74) is 0. The minimum atomic E-state index is 0.187. The number of nitrogens with zero attached hydrogens (tertiary/aromatic N) is 3. The van der Waals surface area contributed by atoms with E-state index in [-0.39, 0.29) is 11.8 Å². The van der Waals surface area contributed by atoms with Gasteiger partial charge in [-0.25, -0.2) is 0 Å². The molecule has 3 aliphatic heterocycles. The van der Waals surface area contributed by atoms with E-state index in [1.807, 2.05) is 9.80 Å². The van der Waals surface area contributed by atoms with E-state index in [9.17, 15) is 9.59 Å². The van der Waals surface area contributed by atoms with Gasteiger partial charge in [-0.1, -0.05) is 6.92 Å². The van der Waals surface area contributed by atoms with Crippen molar-refractivity contribution in [3.63, 3.8) is 0 Å². The largest absolute Gasteiger partial charge is 0.378 e. The molecular formula is C19H34N4O3. The topological polar surface area (TPSA) is 65.1 Å². The molecule has 0 aliphatic carbocycles. The average Bonchev–Trinajstić information content (AvgIpc) is 2.69. The number of nitrogens with one attached hydrogen (secondary N) is 1. The lowest BCUT2D eigenvalue weighted by Crippen LogP contribution is -2.53. The molecule has 0 radical (unpaired) electrons. The molecule has 26 heavy (non-hydrogen) atoms. The molecule has 0 aromatic rings. The summed E-state index contributed by atoms with van der Waals surface area (Å²) in [6, 6.07) is 0. The minimum Gasteiger partial charge on any atom is -0.378 e. The lowest BCUT2D eigenvalue weighted by Gasteiger charge is -2.37. The number of piperidine rings is 1. The Balaban J connectivity index is 1.37. The lowest BCUT2D eigenvalue weighted by atomic mass is 9.85. The van der Waals surface area contributed by atoms with Crippen molar-refractivity contribution in [2.45, 2.75) is 26.2 Å². The van der Waals surface area contributed by atoms with E-state index in [2.05, 4.69) is 17.1 Å². The van der Waals surface area contributed by atoms with Crippen molar-refractivity contribution < 1.29 is 14.3 Å². The van der Waals surface area contributed by atoms with E-state index in [0.29, 0.717) is 51.1 Å². The molecule has 0 bridgehead atoms. The van der Waals surface area contributed by atoms with Gasteiger partial charge in [0.2, 0.25) is 11.8 Å². The van der Waals surface area contributed by atoms with Crippen LogP contribution in [0.3, 0.4) is 0 Å². The molecule has 3 rings (SSSR count). The van der Waals surface area contributed by atoms with Crippen LogP contribution >= 0.6 is 0 Å². The maximum absolute atomic E-state index is 12.6. The number of morpholine rings is 1. The molecule has 148 valence electrons. The van der Waals surface area contributed by atoms with Crippen molar-refractivity contribution in [2.24, 2.45) is 11.8 Å². The molecule has 0 aromatic heterocycles. The number of carbonyl (C=O) groups is 2. The fourth-order valence-electron chi connectivity index (χ4n) is 4.20. The van der Waals surface area contributed by atoms with Crippen molar-refractivity contribution in [2.75, 3.05) is 72.1 Å². The van der Waals surface area contributed by atoms with Crippen LogP contribution in [-0.4, -0.2) is 98.6 Å². The second kappa shape index (κ2) is 9.67. The fraction of sp³-hybridized carbons (Fsp3) is 0.895. The van der Waals surface area contributed by atoms with Gasteiger partial charge in [-0.15, -0.1) is 0 Å². The Labute approximate surface area is 157 Å². The summed E-state index contributed by atoms with van der Waals surface area (Å²) in [5.74, 6) is 1.53. The summed E-state index contributed by atoms with van der Waals surface area (Å²) < 4.78 is 5.30. The highest BCUT2D eigenvalue weighted by Crippen LogP contribution is 2.23. The number of ether oxygens (including phenoxy) is 1. The Bertz CT molecular complexity index is 467. The number of rotatable bonds is 5. The molecule has 2 atom stereocenters. The Hall–Kier alpha value is -1.18. The standard InChI is InChI=1S/C19H34N4O3/c1-16(17-3-2-4-20-14-17)13-18(24)22-7-5-21(6-8-22)15-19(25)23-9-11-26-12-10-23/h16-17,20H,2-15H2,1H3. The van der Waals surface area contributed by atoms with Crippen LogP contribution in [0.2, 0.25) is 0 Å². The van der Waals surface area contributed by atoms with E-state index in [1.54, 1.807) is 0 Å². The van der Waals surface area contributed by atoms with Gasteiger partial charge in [0, 0.05) is 45.7 Å². The second-order valence-corrected chi connectivity index (χ2v) is 7.94. The summed E-state index contributed by atoms with van der Waals surface area (Å²) in [5, 5.41) is 3.44. The van der Waals surface area contributed by atoms with Crippen LogP contribution in [0.25, 0.3) is 0 Å². The normalized spacial score (nSPS) is 26.6. The molecule has 2 amide bonds. The summed E-state index contributed by atoms with van der Waals surface area (Å²) >= 11 is 0. The van der Waals surface area contributed by atoms with Crippen molar-refractivity contribution in [3.05, 3.63) is 0 Å². The van der Waals surface area contributed by atoms with Crippen LogP contribution in [-0.2, 0) is 14.3 Å². The number of amides is 2. The molecule has 7 heteroatoms. The van der Waals surface area contributed by atoms with E-state index >= 15 is 0 Å².